The number of benzene rings is 1. The third-order valence-electron chi connectivity index (χ3n) is 5.30. The fourth-order valence-corrected chi connectivity index (χ4v) is 3.88. The second-order valence-electron chi connectivity index (χ2n) is 7.21. The molecule has 0 N–H and O–H groups in total. The highest BCUT2D eigenvalue weighted by atomic mass is 35.5. The van der Waals surface area contributed by atoms with E-state index in [1.807, 2.05) is 30.5 Å². The number of nitrogens with zero attached hydrogens (tertiary/aromatic N) is 3. The van der Waals surface area contributed by atoms with Crippen molar-refractivity contribution in [1.82, 2.24) is 14.8 Å². The number of fused-ring (bicyclic) bond motifs is 1. The highest BCUT2D eigenvalue weighted by Crippen LogP contribution is 2.27. The summed E-state index contributed by atoms with van der Waals surface area (Å²) in [6.45, 7) is 3.56. The Morgan fingerprint density at radius 2 is 1.90 bits per heavy atom. The van der Waals surface area contributed by atoms with Crippen molar-refractivity contribution in [3.8, 4) is 5.75 Å². The largest absolute Gasteiger partial charge is 0.461 e. The molecule has 0 bridgehead atoms. The predicted molar refractivity (Wildman–Crippen MR) is 115 cm³/mol. The van der Waals surface area contributed by atoms with Gasteiger partial charge in [0.2, 0.25) is 0 Å². The Balaban J connectivity index is 1.27. The van der Waals surface area contributed by atoms with E-state index in [1.165, 1.54) is 11.8 Å². The molecule has 0 aliphatic carbocycles. The smallest absolute Gasteiger partial charge is 0.262 e. The van der Waals surface area contributed by atoms with E-state index in [0.717, 1.165) is 44.6 Å². The maximum Gasteiger partial charge on any atom is 0.262 e. The molecule has 2 aliphatic heterocycles. The van der Waals surface area contributed by atoms with Crippen LogP contribution in [0, 0.1) is 0 Å². The zero-order valence-corrected chi connectivity index (χ0v) is 17.0. The Labute approximate surface area is 176 Å². The second kappa shape index (κ2) is 9.25. The number of rotatable bonds is 6. The van der Waals surface area contributed by atoms with Gasteiger partial charge in [0.25, 0.3) is 5.91 Å². The first kappa shape index (κ1) is 19.7. The summed E-state index contributed by atoms with van der Waals surface area (Å²) in [6, 6.07) is 13.3. The highest BCUT2D eigenvalue weighted by Gasteiger charge is 2.25. The average molecular weight is 410 g/mol. The van der Waals surface area contributed by atoms with Crippen LogP contribution in [0.1, 0.15) is 35.3 Å². The Bertz CT molecular complexity index is 927. The van der Waals surface area contributed by atoms with E-state index in [0.29, 0.717) is 23.0 Å². The Morgan fingerprint density at radius 1 is 1.07 bits per heavy atom. The monoisotopic (exact) mass is 409 g/mol. The van der Waals surface area contributed by atoms with Gasteiger partial charge in [0.05, 0.1) is 11.3 Å². The zero-order chi connectivity index (χ0) is 20.1. The summed E-state index contributed by atoms with van der Waals surface area (Å²) in [4.78, 5) is 21.3. The van der Waals surface area contributed by atoms with Gasteiger partial charge in [-0.2, -0.15) is 0 Å². The molecule has 0 spiro atoms. The highest BCUT2D eigenvalue weighted by molar-refractivity contribution is 6.30. The summed E-state index contributed by atoms with van der Waals surface area (Å²) < 4.78 is 5.53. The van der Waals surface area contributed by atoms with Crippen molar-refractivity contribution in [3.63, 3.8) is 0 Å². The van der Waals surface area contributed by atoms with Crippen LogP contribution in [0.5, 0.6) is 5.75 Å². The van der Waals surface area contributed by atoms with Crippen LogP contribution in [0.2, 0.25) is 0 Å². The van der Waals surface area contributed by atoms with Crippen LogP contribution in [-0.2, 0) is 0 Å². The normalized spacial score (nSPS) is 17.1. The van der Waals surface area contributed by atoms with Gasteiger partial charge in [-0.15, -0.1) is 0 Å². The molecule has 5 nitrogen and oxygen atoms in total. The number of carbonyl (C=O) groups is 1. The number of pyridine rings is 1. The van der Waals surface area contributed by atoms with Crippen molar-refractivity contribution >= 4 is 23.1 Å². The molecule has 2 aromatic rings. The molecule has 6 heteroatoms. The third-order valence-corrected chi connectivity index (χ3v) is 5.59. The Kier molecular flexibility index (Phi) is 6.27. The molecule has 2 aliphatic rings. The number of hydrogen-bond acceptors (Lipinski definition) is 4. The molecule has 0 unspecified atom stereocenters. The summed E-state index contributed by atoms with van der Waals surface area (Å²) in [7, 11) is 0. The van der Waals surface area contributed by atoms with Gasteiger partial charge in [0.1, 0.15) is 17.2 Å². The van der Waals surface area contributed by atoms with E-state index in [2.05, 4.69) is 22.0 Å². The topological polar surface area (TPSA) is 45.7 Å². The molecule has 0 saturated carbocycles. The lowest BCUT2D eigenvalue weighted by atomic mass is 10.0. The maximum absolute atomic E-state index is 12.8. The van der Waals surface area contributed by atoms with Crippen molar-refractivity contribution in [3.05, 3.63) is 77.4 Å². The number of ether oxygens (including phenoxy) is 1. The van der Waals surface area contributed by atoms with Gasteiger partial charge in [-0.1, -0.05) is 35.9 Å². The molecule has 0 radical (unpaired) electrons. The predicted octanol–water partition coefficient (Wildman–Crippen LogP) is 4.52. The summed E-state index contributed by atoms with van der Waals surface area (Å²) in [6.07, 6.45) is 8.46. The van der Waals surface area contributed by atoms with Gasteiger partial charge in [-0.05, 0) is 55.6 Å². The van der Waals surface area contributed by atoms with Crippen LogP contribution < -0.4 is 4.74 Å². The molecule has 150 valence electrons. The van der Waals surface area contributed by atoms with Gasteiger partial charge in [-0.25, -0.2) is 0 Å². The SMILES string of the molecule is O=C1c2ccccc2OC=C(Cl)N1CCCCN1CC=C(c2ccccn2)CC1. The fourth-order valence-electron chi connectivity index (χ4n) is 3.68. The number of hydrogen-bond donors (Lipinski definition) is 0. The van der Waals surface area contributed by atoms with Gasteiger partial charge >= 0.3 is 0 Å². The van der Waals surface area contributed by atoms with Crippen LogP contribution in [0.15, 0.2) is 66.2 Å². The number of para-hydroxylation sites is 1. The van der Waals surface area contributed by atoms with Crippen molar-refractivity contribution in [2.45, 2.75) is 19.3 Å². The molecular weight excluding hydrogens is 386 g/mol. The molecule has 4 rings (SSSR count). The minimum atomic E-state index is -0.111. The lowest BCUT2D eigenvalue weighted by Gasteiger charge is -2.26. The minimum absolute atomic E-state index is 0.111. The fraction of sp³-hybridized carbons (Fsp3) is 0.304. The molecule has 3 heterocycles. The second-order valence-corrected chi connectivity index (χ2v) is 7.60. The standard InChI is InChI=1S/C23H24ClN3O2/c24-22-17-29-21-9-2-1-7-19(21)23(28)27(22)14-6-5-13-26-15-10-18(11-16-26)20-8-3-4-12-25-20/h1-4,7-10,12,17H,5-6,11,13-16H2. The lowest BCUT2D eigenvalue weighted by Crippen LogP contribution is -2.31. The van der Waals surface area contributed by atoms with Crippen molar-refractivity contribution in [2.24, 2.45) is 0 Å². The molecule has 1 amide bonds. The van der Waals surface area contributed by atoms with Crippen LogP contribution >= 0.6 is 11.6 Å². The van der Waals surface area contributed by atoms with Crippen LogP contribution in [0.25, 0.3) is 5.57 Å². The van der Waals surface area contributed by atoms with Gasteiger partial charge in [0.15, 0.2) is 0 Å². The first-order valence-corrected chi connectivity index (χ1v) is 10.4. The summed E-state index contributed by atoms with van der Waals surface area (Å²) >= 11 is 6.29. The summed E-state index contributed by atoms with van der Waals surface area (Å²) in [5.74, 6) is 0.433. The molecule has 0 fully saturated rings. The number of unbranched alkanes of at least 4 members (excludes halogenated alkanes) is 1. The summed E-state index contributed by atoms with van der Waals surface area (Å²) in [5, 5.41) is 0.326. The van der Waals surface area contributed by atoms with E-state index in [9.17, 15) is 4.79 Å². The third kappa shape index (κ3) is 4.69. The first-order chi connectivity index (χ1) is 14.2. The van der Waals surface area contributed by atoms with Crippen molar-refractivity contribution in [2.75, 3.05) is 26.2 Å². The van der Waals surface area contributed by atoms with E-state index < -0.39 is 0 Å². The van der Waals surface area contributed by atoms with Crippen LogP contribution in [-0.4, -0.2) is 46.9 Å². The Morgan fingerprint density at radius 3 is 2.69 bits per heavy atom. The van der Waals surface area contributed by atoms with Crippen LogP contribution in [0.4, 0.5) is 0 Å². The van der Waals surface area contributed by atoms with Gasteiger partial charge in [0, 0.05) is 25.8 Å². The number of halogens is 1. The molecule has 1 aromatic heterocycles. The quantitative estimate of drug-likeness (QED) is 0.519. The Hall–Kier alpha value is -2.63. The van der Waals surface area contributed by atoms with E-state index in [-0.39, 0.29) is 5.91 Å². The van der Waals surface area contributed by atoms with Gasteiger partial charge < -0.3 is 4.74 Å². The number of aromatic nitrogens is 1. The van der Waals surface area contributed by atoms with Crippen molar-refractivity contribution in [1.29, 1.82) is 0 Å². The molecule has 29 heavy (non-hydrogen) atoms. The molecule has 0 saturated heterocycles. The minimum Gasteiger partial charge on any atom is -0.461 e. The molecule has 1 aromatic carbocycles. The van der Waals surface area contributed by atoms with Gasteiger partial charge in [-0.3, -0.25) is 19.6 Å². The zero-order valence-electron chi connectivity index (χ0n) is 16.3. The average Bonchev–Trinajstić information content (AvgIpc) is 2.89. The molecular formula is C23H24ClN3O2. The van der Waals surface area contributed by atoms with Crippen LogP contribution in [0.3, 0.4) is 0 Å². The maximum atomic E-state index is 12.8. The number of carbonyl (C=O) groups excluding carboxylic acids is 1. The first-order valence-electron chi connectivity index (χ1n) is 9.98. The number of amides is 1. The lowest BCUT2D eigenvalue weighted by molar-refractivity contribution is 0.0814. The van der Waals surface area contributed by atoms with E-state index in [4.69, 9.17) is 16.3 Å². The summed E-state index contributed by atoms with van der Waals surface area (Å²) in [5.41, 5.74) is 2.95. The molecule has 0 atom stereocenters. The van der Waals surface area contributed by atoms with Crippen molar-refractivity contribution < 1.29 is 9.53 Å². The van der Waals surface area contributed by atoms with E-state index >= 15 is 0 Å². The van der Waals surface area contributed by atoms with E-state index in [1.54, 1.807) is 17.0 Å².